The van der Waals surface area contributed by atoms with Gasteiger partial charge in [-0.3, -0.25) is 0 Å². The number of rotatable bonds is 7. The van der Waals surface area contributed by atoms with Gasteiger partial charge < -0.3 is 0 Å². The average molecular weight is 332 g/mol. The molecule has 0 N–H and O–H groups in total. The first-order chi connectivity index (χ1) is 5.27. The van der Waals surface area contributed by atoms with E-state index in [2.05, 4.69) is 23.1 Å². The molecule has 76 valence electrons. The van der Waals surface area contributed by atoms with E-state index in [0.29, 0.717) is 0 Å². The van der Waals surface area contributed by atoms with Crippen molar-refractivity contribution in [1.82, 2.24) is 0 Å². The second kappa shape index (κ2) is 12.8. The Morgan fingerprint density at radius 2 is 1.50 bits per heavy atom. The molecule has 0 rings (SSSR count). The minimum absolute atomic E-state index is 0. The zero-order valence-corrected chi connectivity index (χ0v) is 11.9. The molecule has 0 nitrogen and oxygen atoms in total. The van der Waals surface area contributed by atoms with Gasteiger partial charge in [-0.25, -0.2) is 0 Å². The van der Waals surface area contributed by atoms with E-state index in [1.807, 2.05) is 0 Å². The molecule has 0 bridgehead atoms. The Morgan fingerprint density at radius 3 is 2.00 bits per heavy atom. The Kier molecular flexibility index (Phi) is 17.2. The van der Waals surface area contributed by atoms with Crippen LogP contribution in [0.4, 0.5) is 0 Å². The predicted molar refractivity (Wildman–Crippen MR) is 57.2 cm³/mol. The number of unbranched alkanes of at least 4 members (excludes halogenated alkanes) is 5. The molecule has 0 saturated carbocycles. The van der Waals surface area contributed by atoms with Gasteiger partial charge in [0.25, 0.3) is 0 Å². The SMILES string of the molecule is CCCCCCCCC(C)P.[Gd]. The summed E-state index contributed by atoms with van der Waals surface area (Å²) in [5, 5.41) is 0. The fourth-order valence-electron chi connectivity index (χ4n) is 1.25. The normalized spacial score (nSPS) is 12.2. The van der Waals surface area contributed by atoms with Crippen LogP contribution in [0.1, 0.15) is 58.8 Å². The summed E-state index contributed by atoms with van der Waals surface area (Å²) in [4.78, 5) is 0. The molecule has 0 aliphatic carbocycles. The number of hydrogen-bond acceptors (Lipinski definition) is 0. The van der Waals surface area contributed by atoms with Crippen molar-refractivity contribution in [2.24, 2.45) is 0 Å². The summed E-state index contributed by atoms with van der Waals surface area (Å²) in [6.45, 7) is 4.54. The molecule has 0 saturated heterocycles. The average Bonchev–Trinajstić information content (AvgIpc) is 1.96. The van der Waals surface area contributed by atoms with Gasteiger partial charge in [-0.1, -0.05) is 52.4 Å². The van der Waals surface area contributed by atoms with Crippen molar-refractivity contribution >= 4 is 9.24 Å². The van der Waals surface area contributed by atoms with Gasteiger partial charge in [0.05, 0.1) is 0 Å². The van der Waals surface area contributed by atoms with Crippen LogP contribution in [0.2, 0.25) is 0 Å². The van der Waals surface area contributed by atoms with Crippen molar-refractivity contribution in [1.29, 1.82) is 0 Å². The van der Waals surface area contributed by atoms with Crippen molar-refractivity contribution in [2.75, 3.05) is 0 Å². The fourth-order valence-corrected chi connectivity index (χ4v) is 1.48. The Morgan fingerprint density at radius 1 is 1.00 bits per heavy atom. The minimum atomic E-state index is 0. The molecule has 0 aromatic heterocycles. The molecule has 0 aromatic carbocycles. The quantitative estimate of drug-likeness (QED) is 0.489. The molecule has 0 radical (unpaired) electrons. The summed E-state index contributed by atoms with van der Waals surface area (Å²) < 4.78 is 0. The van der Waals surface area contributed by atoms with Gasteiger partial charge >= 0.3 is 0 Å². The van der Waals surface area contributed by atoms with E-state index in [0.717, 1.165) is 5.66 Å². The Bertz CT molecular complexity index is 74.2. The largest absolute Gasteiger partial charge is 0.135 e. The van der Waals surface area contributed by atoms with Crippen LogP contribution in [0.25, 0.3) is 0 Å². The molecule has 0 aromatic rings. The van der Waals surface area contributed by atoms with Crippen molar-refractivity contribution in [3.8, 4) is 0 Å². The van der Waals surface area contributed by atoms with E-state index < -0.39 is 0 Å². The minimum Gasteiger partial charge on any atom is -0.135 e. The van der Waals surface area contributed by atoms with E-state index in [1.165, 1.54) is 44.9 Å². The molecular weight excluding hydrogens is 308 g/mol. The van der Waals surface area contributed by atoms with Crippen LogP contribution in [0, 0.1) is 39.9 Å². The summed E-state index contributed by atoms with van der Waals surface area (Å²) in [6, 6.07) is 0. The second-order valence-electron chi connectivity index (χ2n) is 3.53. The maximum Gasteiger partial charge on any atom is 0 e. The first kappa shape index (κ1) is 16.2. The molecule has 0 amide bonds. The van der Waals surface area contributed by atoms with Crippen LogP contribution in [-0.2, 0) is 0 Å². The summed E-state index contributed by atoms with van der Waals surface area (Å²) in [5.41, 5.74) is 0.821. The van der Waals surface area contributed by atoms with Gasteiger partial charge in [0.15, 0.2) is 0 Å². The van der Waals surface area contributed by atoms with Gasteiger partial charge in [-0.05, 0) is 12.1 Å². The van der Waals surface area contributed by atoms with Crippen molar-refractivity contribution in [2.45, 2.75) is 64.5 Å². The van der Waals surface area contributed by atoms with Gasteiger partial charge in [0.1, 0.15) is 0 Å². The first-order valence-electron chi connectivity index (χ1n) is 5.03. The topological polar surface area (TPSA) is 0 Å². The van der Waals surface area contributed by atoms with Gasteiger partial charge in [0, 0.05) is 39.9 Å². The monoisotopic (exact) mass is 332 g/mol. The van der Waals surface area contributed by atoms with Crippen LogP contribution in [0.5, 0.6) is 0 Å². The Balaban J connectivity index is 0. The fraction of sp³-hybridized carbons (Fsp3) is 1.00. The zero-order chi connectivity index (χ0) is 8.53. The van der Waals surface area contributed by atoms with E-state index >= 15 is 0 Å². The molecule has 2 unspecified atom stereocenters. The van der Waals surface area contributed by atoms with Crippen LogP contribution in [-0.4, -0.2) is 5.66 Å². The Labute approximate surface area is 113 Å². The van der Waals surface area contributed by atoms with Crippen LogP contribution in [0.3, 0.4) is 0 Å². The van der Waals surface area contributed by atoms with E-state index in [4.69, 9.17) is 0 Å². The Hall–Kier alpha value is 1.75. The maximum absolute atomic E-state index is 2.87. The standard InChI is InChI=1S/C10H23P.Gd/c1-3-4-5-6-7-8-9-10(2)11;/h10H,3-9,11H2,1-2H3;. The van der Waals surface area contributed by atoms with E-state index in [9.17, 15) is 0 Å². The van der Waals surface area contributed by atoms with Crippen LogP contribution >= 0.6 is 9.24 Å². The molecule has 0 fully saturated rings. The van der Waals surface area contributed by atoms with Crippen molar-refractivity contribution in [3.63, 3.8) is 0 Å². The van der Waals surface area contributed by atoms with Gasteiger partial charge in [-0.2, -0.15) is 0 Å². The van der Waals surface area contributed by atoms with Crippen molar-refractivity contribution in [3.05, 3.63) is 0 Å². The third-order valence-electron chi connectivity index (χ3n) is 2.01. The predicted octanol–water partition coefficient (Wildman–Crippen LogP) is 4.00. The summed E-state index contributed by atoms with van der Waals surface area (Å²) in [6.07, 6.45) is 9.94. The zero-order valence-electron chi connectivity index (χ0n) is 8.46. The van der Waals surface area contributed by atoms with Crippen LogP contribution < -0.4 is 0 Å². The molecule has 2 atom stereocenters. The molecule has 2 heteroatoms. The number of hydrogen-bond donors (Lipinski definition) is 0. The molecular formula is C10H23GdP. The summed E-state index contributed by atoms with van der Waals surface area (Å²) in [7, 11) is 2.87. The smallest absolute Gasteiger partial charge is 0 e. The third kappa shape index (κ3) is 14.3. The molecule has 12 heavy (non-hydrogen) atoms. The summed E-state index contributed by atoms with van der Waals surface area (Å²) in [5.74, 6) is 0. The maximum atomic E-state index is 2.87. The molecule has 0 aliphatic rings. The molecule has 0 spiro atoms. The second-order valence-corrected chi connectivity index (χ2v) is 4.67. The molecule has 0 aliphatic heterocycles. The van der Waals surface area contributed by atoms with Gasteiger partial charge in [-0.15, -0.1) is 9.24 Å². The van der Waals surface area contributed by atoms with E-state index in [1.54, 1.807) is 0 Å². The summed E-state index contributed by atoms with van der Waals surface area (Å²) >= 11 is 0. The molecule has 0 heterocycles. The van der Waals surface area contributed by atoms with E-state index in [-0.39, 0.29) is 39.9 Å². The van der Waals surface area contributed by atoms with Gasteiger partial charge in [0.2, 0.25) is 0 Å². The van der Waals surface area contributed by atoms with Crippen molar-refractivity contribution < 1.29 is 39.9 Å². The van der Waals surface area contributed by atoms with Crippen LogP contribution in [0.15, 0.2) is 0 Å². The third-order valence-corrected chi connectivity index (χ3v) is 2.35. The first-order valence-corrected chi connectivity index (χ1v) is 5.69.